The molecule has 2 fully saturated rings. The highest BCUT2D eigenvalue weighted by Crippen LogP contribution is 2.24. The van der Waals surface area contributed by atoms with Gasteiger partial charge < -0.3 is 4.90 Å². The van der Waals surface area contributed by atoms with Crippen LogP contribution >= 0.6 is 15.9 Å². The molecule has 2 aromatic rings. The van der Waals surface area contributed by atoms with E-state index in [-0.39, 0.29) is 5.82 Å². The van der Waals surface area contributed by atoms with Crippen molar-refractivity contribution in [1.29, 1.82) is 0 Å². The average molecular weight is 432 g/mol. The lowest BCUT2D eigenvalue weighted by molar-refractivity contribution is 0.0997. The Bertz CT molecular complexity index is 753. The number of likely N-dealkylation sites (tertiary alicyclic amines) is 1. The number of halogens is 2. The van der Waals surface area contributed by atoms with Gasteiger partial charge in [-0.3, -0.25) is 9.80 Å². The van der Waals surface area contributed by atoms with Gasteiger partial charge in [-0.15, -0.1) is 0 Å². The first-order valence-electron chi connectivity index (χ1n) is 9.89. The van der Waals surface area contributed by atoms with Gasteiger partial charge in [0.25, 0.3) is 0 Å². The van der Waals surface area contributed by atoms with Crippen molar-refractivity contribution in [3.63, 3.8) is 0 Å². The third-order valence-corrected chi connectivity index (χ3v) is 6.37. The van der Waals surface area contributed by atoms with Crippen LogP contribution in [0.3, 0.4) is 0 Å². The minimum atomic E-state index is -0.105. The van der Waals surface area contributed by atoms with Crippen LogP contribution in [-0.4, -0.2) is 55.1 Å². The first kappa shape index (κ1) is 18.9. The third kappa shape index (κ3) is 4.71. The standard InChI is InChI=1S/C22H27BrFN3/c23-19-5-3-4-18(16-19)17-25-10-8-20(9-11-25)26-12-14-27(15-13-26)22-7-2-1-6-21(22)24/h1-7,16,20H,8-15,17H2. The minimum absolute atomic E-state index is 0.105. The van der Waals surface area contributed by atoms with Crippen molar-refractivity contribution >= 4 is 21.6 Å². The predicted octanol–water partition coefficient (Wildman–Crippen LogP) is 4.37. The Hall–Kier alpha value is -1.43. The van der Waals surface area contributed by atoms with Crippen molar-refractivity contribution < 1.29 is 4.39 Å². The minimum Gasteiger partial charge on any atom is -0.367 e. The Morgan fingerprint density at radius 2 is 1.63 bits per heavy atom. The molecule has 0 aromatic heterocycles. The number of piperazine rings is 1. The van der Waals surface area contributed by atoms with Crippen LogP contribution in [-0.2, 0) is 6.54 Å². The number of rotatable bonds is 4. The van der Waals surface area contributed by atoms with Crippen molar-refractivity contribution in [2.45, 2.75) is 25.4 Å². The molecule has 2 heterocycles. The Labute approximate surface area is 169 Å². The van der Waals surface area contributed by atoms with Gasteiger partial charge in [0.05, 0.1) is 5.69 Å². The van der Waals surface area contributed by atoms with Gasteiger partial charge >= 0.3 is 0 Å². The Morgan fingerprint density at radius 1 is 0.889 bits per heavy atom. The molecule has 0 aliphatic carbocycles. The molecule has 0 unspecified atom stereocenters. The first-order chi connectivity index (χ1) is 13.2. The molecule has 5 heteroatoms. The SMILES string of the molecule is Fc1ccccc1N1CCN(C2CCN(Cc3cccc(Br)c3)CC2)CC1. The zero-order valence-corrected chi connectivity index (χ0v) is 17.2. The van der Waals surface area contributed by atoms with Crippen molar-refractivity contribution in [1.82, 2.24) is 9.80 Å². The van der Waals surface area contributed by atoms with E-state index in [9.17, 15) is 4.39 Å². The normalized spacial score (nSPS) is 20.1. The van der Waals surface area contributed by atoms with Gasteiger partial charge in [-0.1, -0.05) is 40.2 Å². The summed E-state index contributed by atoms with van der Waals surface area (Å²) < 4.78 is 15.2. The lowest BCUT2D eigenvalue weighted by atomic mass is 10.0. The summed E-state index contributed by atoms with van der Waals surface area (Å²) in [6.07, 6.45) is 2.46. The predicted molar refractivity (Wildman–Crippen MR) is 113 cm³/mol. The molecule has 0 amide bonds. The number of hydrogen-bond acceptors (Lipinski definition) is 3. The number of para-hydroxylation sites is 1. The topological polar surface area (TPSA) is 9.72 Å². The van der Waals surface area contributed by atoms with E-state index in [1.165, 1.54) is 18.4 Å². The van der Waals surface area contributed by atoms with Crippen LogP contribution in [0.2, 0.25) is 0 Å². The summed E-state index contributed by atoms with van der Waals surface area (Å²) in [4.78, 5) is 7.37. The van der Waals surface area contributed by atoms with Crippen molar-refractivity contribution in [2.75, 3.05) is 44.2 Å². The molecule has 27 heavy (non-hydrogen) atoms. The lowest BCUT2D eigenvalue weighted by Gasteiger charge is -2.43. The van der Waals surface area contributed by atoms with E-state index < -0.39 is 0 Å². The van der Waals surface area contributed by atoms with Gasteiger partial charge in [-0.2, -0.15) is 0 Å². The number of anilines is 1. The molecule has 4 rings (SSSR count). The molecule has 2 aliphatic heterocycles. The summed E-state index contributed by atoms with van der Waals surface area (Å²) in [6, 6.07) is 16.4. The highest BCUT2D eigenvalue weighted by molar-refractivity contribution is 9.10. The monoisotopic (exact) mass is 431 g/mol. The highest BCUT2D eigenvalue weighted by Gasteiger charge is 2.28. The molecule has 2 aromatic carbocycles. The van der Waals surface area contributed by atoms with Crippen LogP contribution in [0.4, 0.5) is 10.1 Å². The van der Waals surface area contributed by atoms with Crippen molar-refractivity contribution in [3.8, 4) is 0 Å². The molecule has 0 saturated carbocycles. The first-order valence-corrected chi connectivity index (χ1v) is 10.7. The van der Waals surface area contributed by atoms with E-state index in [1.54, 1.807) is 12.1 Å². The molecule has 0 bridgehead atoms. The fourth-order valence-corrected chi connectivity index (χ4v) is 4.82. The fraction of sp³-hybridized carbons (Fsp3) is 0.455. The maximum atomic E-state index is 14.0. The van der Waals surface area contributed by atoms with Crippen LogP contribution in [0.1, 0.15) is 18.4 Å². The number of hydrogen-bond donors (Lipinski definition) is 0. The second kappa shape index (κ2) is 8.72. The van der Waals surface area contributed by atoms with Gasteiger partial charge in [-0.05, 0) is 55.8 Å². The molecule has 0 N–H and O–H groups in total. The summed E-state index contributed by atoms with van der Waals surface area (Å²) in [7, 11) is 0. The summed E-state index contributed by atoms with van der Waals surface area (Å²) in [5.74, 6) is -0.105. The van der Waals surface area contributed by atoms with E-state index in [2.05, 4.69) is 54.9 Å². The van der Waals surface area contributed by atoms with Crippen LogP contribution in [0, 0.1) is 5.82 Å². The van der Waals surface area contributed by atoms with Crippen LogP contribution in [0.15, 0.2) is 53.0 Å². The van der Waals surface area contributed by atoms with E-state index in [4.69, 9.17) is 0 Å². The summed E-state index contributed by atoms with van der Waals surface area (Å²) >= 11 is 3.56. The molecular formula is C22H27BrFN3. The van der Waals surface area contributed by atoms with Crippen LogP contribution in [0.5, 0.6) is 0 Å². The Kier molecular flexibility index (Phi) is 6.11. The van der Waals surface area contributed by atoms with Crippen LogP contribution < -0.4 is 4.90 Å². The van der Waals surface area contributed by atoms with Gasteiger partial charge in [0.1, 0.15) is 5.82 Å². The van der Waals surface area contributed by atoms with Gasteiger partial charge in [-0.25, -0.2) is 4.39 Å². The van der Waals surface area contributed by atoms with Gasteiger partial charge in [0.2, 0.25) is 0 Å². The molecule has 0 spiro atoms. The summed E-state index contributed by atoms with van der Waals surface area (Å²) in [6.45, 7) is 7.25. The van der Waals surface area contributed by atoms with Gasteiger partial charge in [0, 0.05) is 43.2 Å². The van der Waals surface area contributed by atoms with Crippen molar-refractivity contribution in [3.05, 3.63) is 64.4 Å². The molecule has 3 nitrogen and oxygen atoms in total. The Morgan fingerprint density at radius 3 is 2.33 bits per heavy atom. The van der Waals surface area contributed by atoms with E-state index >= 15 is 0 Å². The number of piperidine rings is 1. The smallest absolute Gasteiger partial charge is 0.146 e. The second-order valence-electron chi connectivity index (χ2n) is 7.61. The fourth-order valence-electron chi connectivity index (χ4n) is 4.37. The van der Waals surface area contributed by atoms with Crippen LogP contribution in [0.25, 0.3) is 0 Å². The average Bonchev–Trinajstić information content (AvgIpc) is 2.69. The van der Waals surface area contributed by atoms with E-state index in [0.29, 0.717) is 6.04 Å². The largest absolute Gasteiger partial charge is 0.367 e. The molecule has 2 saturated heterocycles. The zero-order chi connectivity index (χ0) is 18.6. The maximum Gasteiger partial charge on any atom is 0.146 e. The molecular weight excluding hydrogens is 405 g/mol. The zero-order valence-electron chi connectivity index (χ0n) is 15.7. The van der Waals surface area contributed by atoms with Gasteiger partial charge in [0.15, 0.2) is 0 Å². The van der Waals surface area contributed by atoms with E-state index in [1.807, 2.05) is 12.1 Å². The third-order valence-electron chi connectivity index (χ3n) is 5.88. The molecule has 2 aliphatic rings. The molecule has 0 atom stereocenters. The molecule has 0 radical (unpaired) electrons. The van der Waals surface area contributed by atoms with Crippen molar-refractivity contribution in [2.24, 2.45) is 0 Å². The van der Waals surface area contributed by atoms with E-state index in [0.717, 1.165) is 56.0 Å². The second-order valence-corrected chi connectivity index (χ2v) is 8.53. The highest BCUT2D eigenvalue weighted by atomic mass is 79.9. The Balaban J connectivity index is 1.25. The number of benzene rings is 2. The summed E-state index contributed by atoms with van der Waals surface area (Å²) in [5, 5.41) is 0. The number of nitrogens with zero attached hydrogens (tertiary/aromatic N) is 3. The summed E-state index contributed by atoms with van der Waals surface area (Å²) in [5.41, 5.74) is 2.13. The quantitative estimate of drug-likeness (QED) is 0.711. The lowest BCUT2D eigenvalue weighted by Crippen LogP contribution is -2.53. The molecule has 144 valence electrons. The maximum absolute atomic E-state index is 14.0.